The highest BCUT2D eigenvalue weighted by atomic mass is 19.4. The Labute approximate surface area is 77.3 Å². The summed E-state index contributed by atoms with van der Waals surface area (Å²) in [6.07, 6.45) is -5.85. The van der Waals surface area contributed by atoms with Crippen molar-refractivity contribution in [3.05, 3.63) is 35.6 Å². The zero-order valence-corrected chi connectivity index (χ0v) is 6.94. The monoisotopic (exact) mass is 206 g/mol. The number of benzene rings is 1. The standard InChI is InChI=1S/C9H6F4O/c10-7-4-2-1-3-6(7)5-8(14)9(11,12)13/h1-4H,5H2. The number of Topliss-reactive ketones (excluding diaryl/α,β-unsaturated/α-hetero) is 1. The van der Waals surface area contributed by atoms with E-state index in [-0.39, 0.29) is 5.56 Å². The molecule has 1 aromatic rings. The largest absolute Gasteiger partial charge is 0.450 e. The van der Waals surface area contributed by atoms with Gasteiger partial charge in [0.15, 0.2) is 0 Å². The highest BCUT2D eigenvalue weighted by molar-refractivity contribution is 5.86. The Morgan fingerprint density at radius 1 is 1.21 bits per heavy atom. The molecule has 1 aromatic carbocycles. The molecule has 1 rings (SSSR count). The van der Waals surface area contributed by atoms with E-state index in [4.69, 9.17) is 0 Å². The second kappa shape index (κ2) is 3.77. The van der Waals surface area contributed by atoms with Crippen LogP contribution in [0.1, 0.15) is 5.56 Å². The molecule has 0 unspecified atom stereocenters. The molecular weight excluding hydrogens is 200 g/mol. The normalized spacial score (nSPS) is 11.4. The molecule has 0 amide bonds. The van der Waals surface area contributed by atoms with Gasteiger partial charge in [-0.05, 0) is 11.6 Å². The highest BCUT2D eigenvalue weighted by Crippen LogP contribution is 2.19. The van der Waals surface area contributed by atoms with Gasteiger partial charge in [0.2, 0.25) is 5.78 Å². The first-order valence-electron chi connectivity index (χ1n) is 3.74. The Kier molecular flexibility index (Phi) is 2.88. The van der Waals surface area contributed by atoms with Gasteiger partial charge in [-0.3, -0.25) is 4.79 Å². The zero-order valence-electron chi connectivity index (χ0n) is 6.94. The second-order valence-corrected chi connectivity index (χ2v) is 2.69. The Morgan fingerprint density at radius 2 is 1.79 bits per heavy atom. The molecule has 0 bridgehead atoms. The summed E-state index contributed by atoms with van der Waals surface area (Å²) in [5.74, 6) is -2.74. The van der Waals surface area contributed by atoms with Crippen LogP contribution in [0.25, 0.3) is 0 Å². The van der Waals surface area contributed by atoms with Gasteiger partial charge < -0.3 is 0 Å². The minimum atomic E-state index is -4.90. The van der Waals surface area contributed by atoms with Crippen molar-refractivity contribution in [2.24, 2.45) is 0 Å². The molecule has 1 nitrogen and oxygen atoms in total. The molecule has 0 aliphatic carbocycles. The molecule has 0 atom stereocenters. The highest BCUT2D eigenvalue weighted by Gasteiger charge is 2.38. The molecule has 0 heterocycles. The van der Waals surface area contributed by atoms with Crippen molar-refractivity contribution in [3.63, 3.8) is 0 Å². The van der Waals surface area contributed by atoms with Crippen molar-refractivity contribution in [1.29, 1.82) is 0 Å². The molecule has 0 spiro atoms. The van der Waals surface area contributed by atoms with Gasteiger partial charge in [-0.15, -0.1) is 0 Å². The average molecular weight is 206 g/mol. The van der Waals surface area contributed by atoms with Gasteiger partial charge in [0.1, 0.15) is 5.82 Å². The summed E-state index contributed by atoms with van der Waals surface area (Å²) in [6, 6.07) is 4.89. The third kappa shape index (κ3) is 2.55. The van der Waals surface area contributed by atoms with Crippen LogP contribution < -0.4 is 0 Å². The summed E-state index contributed by atoms with van der Waals surface area (Å²) in [4.78, 5) is 10.5. The molecule has 0 saturated heterocycles. The molecule has 0 aliphatic heterocycles. The zero-order chi connectivity index (χ0) is 10.8. The van der Waals surface area contributed by atoms with Gasteiger partial charge in [0, 0.05) is 6.42 Å². The van der Waals surface area contributed by atoms with Crippen LogP contribution in [-0.2, 0) is 11.2 Å². The molecule has 0 aliphatic rings. The molecule has 76 valence electrons. The maximum Gasteiger partial charge on any atom is 0.450 e. The Morgan fingerprint density at radius 3 is 2.29 bits per heavy atom. The van der Waals surface area contributed by atoms with Gasteiger partial charge >= 0.3 is 6.18 Å². The molecule has 14 heavy (non-hydrogen) atoms. The van der Waals surface area contributed by atoms with Crippen LogP contribution in [0, 0.1) is 5.82 Å². The SMILES string of the molecule is O=C(Cc1ccccc1F)C(F)(F)F. The topological polar surface area (TPSA) is 17.1 Å². The maximum absolute atomic E-state index is 12.8. The van der Waals surface area contributed by atoms with Gasteiger partial charge in [0.05, 0.1) is 0 Å². The second-order valence-electron chi connectivity index (χ2n) is 2.69. The third-order valence-corrected chi connectivity index (χ3v) is 1.63. The van der Waals surface area contributed by atoms with E-state index in [1.165, 1.54) is 12.1 Å². The fraction of sp³-hybridized carbons (Fsp3) is 0.222. The lowest BCUT2D eigenvalue weighted by Crippen LogP contribution is -2.24. The number of ketones is 1. The lowest BCUT2D eigenvalue weighted by Gasteiger charge is -2.05. The number of hydrogen-bond donors (Lipinski definition) is 0. The van der Waals surface area contributed by atoms with Crippen LogP contribution >= 0.6 is 0 Å². The van der Waals surface area contributed by atoms with Gasteiger partial charge in [-0.1, -0.05) is 18.2 Å². The molecule has 0 radical (unpaired) electrons. The summed E-state index contributed by atoms with van der Waals surface area (Å²) in [5, 5.41) is 0. The molecule has 5 heteroatoms. The summed E-state index contributed by atoms with van der Waals surface area (Å²) in [7, 11) is 0. The summed E-state index contributed by atoms with van der Waals surface area (Å²) in [6.45, 7) is 0. The number of hydrogen-bond acceptors (Lipinski definition) is 1. The summed E-state index contributed by atoms with van der Waals surface area (Å²) >= 11 is 0. The smallest absolute Gasteiger partial charge is 0.289 e. The Hall–Kier alpha value is -1.39. The third-order valence-electron chi connectivity index (χ3n) is 1.63. The van der Waals surface area contributed by atoms with Crippen molar-refractivity contribution in [3.8, 4) is 0 Å². The predicted molar refractivity (Wildman–Crippen MR) is 41.2 cm³/mol. The minimum absolute atomic E-state index is 0.241. The number of alkyl halides is 3. The fourth-order valence-electron chi connectivity index (χ4n) is 0.915. The first kappa shape index (κ1) is 10.7. The average Bonchev–Trinajstić information content (AvgIpc) is 2.07. The van der Waals surface area contributed by atoms with E-state index in [1.54, 1.807) is 0 Å². The van der Waals surface area contributed by atoms with Crippen LogP contribution in [0.4, 0.5) is 17.6 Å². The van der Waals surface area contributed by atoms with E-state index in [0.717, 1.165) is 12.1 Å². The number of rotatable bonds is 2. The Bertz CT molecular complexity index is 343. The van der Waals surface area contributed by atoms with E-state index in [1.807, 2.05) is 0 Å². The molecule has 0 aromatic heterocycles. The maximum atomic E-state index is 12.8. The van der Waals surface area contributed by atoms with Gasteiger partial charge in [-0.2, -0.15) is 13.2 Å². The minimum Gasteiger partial charge on any atom is -0.289 e. The van der Waals surface area contributed by atoms with Crippen molar-refractivity contribution < 1.29 is 22.4 Å². The van der Waals surface area contributed by atoms with E-state index < -0.39 is 24.2 Å². The first-order chi connectivity index (χ1) is 6.41. The summed E-state index contributed by atoms with van der Waals surface area (Å²) < 4.78 is 48.2. The van der Waals surface area contributed by atoms with Crippen LogP contribution in [0.5, 0.6) is 0 Å². The van der Waals surface area contributed by atoms with Crippen molar-refractivity contribution in [2.75, 3.05) is 0 Å². The predicted octanol–water partition coefficient (Wildman–Crippen LogP) is 2.50. The number of halogens is 4. The quantitative estimate of drug-likeness (QED) is 0.679. The van der Waals surface area contributed by atoms with E-state index in [2.05, 4.69) is 0 Å². The first-order valence-corrected chi connectivity index (χ1v) is 3.74. The fourth-order valence-corrected chi connectivity index (χ4v) is 0.915. The number of carbonyl (C=O) groups is 1. The van der Waals surface area contributed by atoms with Crippen LogP contribution in [-0.4, -0.2) is 12.0 Å². The van der Waals surface area contributed by atoms with E-state index in [0.29, 0.717) is 0 Å². The Balaban J connectivity index is 2.80. The van der Waals surface area contributed by atoms with E-state index in [9.17, 15) is 22.4 Å². The molecule has 0 saturated carbocycles. The molecule has 0 fully saturated rings. The van der Waals surface area contributed by atoms with Crippen LogP contribution in [0.3, 0.4) is 0 Å². The van der Waals surface area contributed by atoms with Crippen molar-refractivity contribution >= 4 is 5.78 Å². The molecule has 0 N–H and O–H groups in total. The van der Waals surface area contributed by atoms with Crippen molar-refractivity contribution in [1.82, 2.24) is 0 Å². The number of carbonyl (C=O) groups excluding carboxylic acids is 1. The van der Waals surface area contributed by atoms with Crippen LogP contribution in [0.2, 0.25) is 0 Å². The lowest BCUT2D eigenvalue weighted by atomic mass is 10.1. The lowest BCUT2D eigenvalue weighted by molar-refractivity contribution is -0.170. The summed E-state index contributed by atoms with van der Waals surface area (Å²) in [5.41, 5.74) is -0.241. The van der Waals surface area contributed by atoms with Gasteiger partial charge in [-0.25, -0.2) is 4.39 Å². The van der Waals surface area contributed by atoms with Crippen LogP contribution in [0.15, 0.2) is 24.3 Å². The molecular formula is C9H6F4O. The van der Waals surface area contributed by atoms with Crippen molar-refractivity contribution in [2.45, 2.75) is 12.6 Å². The van der Waals surface area contributed by atoms with Gasteiger partial charge in [0.25, 0.3) is 0 Å². The van der Waals surface area contributed by atoms with E-state index >= 15 is 0 Å².